The van der Waals surface area contributed by atoms with Crippen molar-refractivity contribution in [1.29, 1.82) is 0 Å². The van der Waals surface area contributed by atoms with Crippen LogP contribution in [0.1, 0.15) is 41.1 Å². The first-order chi connectivity index (χ1) is 15.7. The Kier molecular flexibility index (Phi) is 5.48. The third-order valence-corrected chi connectivity index (χ3v) is 6.58. The number of fused-ring (bicyclic) bond motifs is 1. The molecule has 3 aromatic carbocycles. The van der Waals surface area contributed by atoms with E-state index in [1.807, 2.05) is 78.9 Å². The number of halogens is 1. The maximum absolute atomic E-state index is 16.8. The second kappa shape index (κ2) is 8.58. The summed E-state index contributed by atoms with van der Waals surface area (Å²) < 4.78 is 16.8. The van der Waals surface area contributed by atoms with Crippen molar-refractivity contribution in [3.63, 3.8) is 0 Å². The molecule has 0 saturated carbocycles. The Morgan fingerprint density at radius 3 is 2.41 bits per heavy atom. The van der Waals surface area contributed by atoms with E-state index in [0.29, 0.717) is 12.1 Å². The van der Waals surface area contributed by atoms with Gasteiger partial charge in [-0.2, -0.15) is 0 Å². The Labute approximate surface area is 188 Å². The maximum Gasteiger partial charge on any atom is 0.266 e. The van der Waals surface area contributed by atoms with Crippen molar-refractivity contribution >= 4 is 11.5 Å². The van der Waals surface area contributed by atoms with E-state index in [-0.39, 0.29) is 12.5 Å². The highest BCUT2D eigenvalue weighted by atomic mass is 19.1. The van der Waals surface area contributed by atoms with Crippen molar-refractivity contribution in [2.75, 3.05) is 0 Å². The summed E-state index contributed by atoms with van der Waals surface area (Å²) in [6.45, 7) is 0.385. The average Bonchev–Trinajstić information content (AvgIpc) is 3.27. The summed E-state index contributed by atoms with van der Waals surface area (Å²) in [5, 5.41) is 0. The summed E-state index contributed by atoms with van der Waals surface area (Å²) >= 11 is 0. The van der Waals surface area contributed by atoms with E-state index >= 15 is 4.39 Å². The van der Waals surface area contributed by atoms with Crippen LogP contribution in [0.25, 0.3) is 5.57 Å². The summed E-state index contributed by atoms with van der Waals surface area (Å²) in [7, 11) is 0. The molecular formula is C29H26FNO. The molecule has 3 aromatic rings. The number of alkyl halides is 1. The molecule has 1 amide bonds. The van der Waals surface area contributed by atoms with Gasteiger partial charge in [-0.15, -0.1) is 0 Å². The highest BCUT2D eigenvalue weighted by Crippen LogP contribution is 2.43. The molecule has 0 N–H and O–H groups in total. The van der Waals surface area contributed by atoms with Gasteiger partial charge < -0.3 is 4.90 Å². The molecule has 5 rings (SSSR count). The monoisotopic (exact) mass is 423 g/mol. The van der Waals surface area contributed by atoms with Gasteiger partial charge in [-0.1, -0.05) is 103 Å². The molecule has 2 aliphatic rings. The fourth-order valence-electron chi connectivity index (χ4n) is 4.97. The molecule has 0 bridgehead atoms. The first-order valence-corrected chi connectivity index (χ1v) is 11.2. The molecule has 3 heteroatoms. The van der Waals surface area contributed by atoms with Gasteiger partial charge in [-0.25, -0.2) is 4.39 Å². The standard InChI is InChI=1S/C29H26FNO/c30-29(20-10-9-17-26(29)24-14-5-2-6-15-24)28(32)31(21-22-11-3-1-4-12-22)27-19-18-23-13-7-8-16-25(23)27/h1-17,27H,18-21H2. The van der Waals surface area contributed by atoms with E-state index < -0.39 is 11.6 Å². The fraction of sp³-hybridized carbons (Fsp3) is 0.207. The molecule has 0 aliphatic heterocycles. The zero-order valence-corrected chi connectivity index (χ0v) is 18.0. The Hall–Kier alpha value is -3.46. The third kappa shape index (κ3) is 3.69. The average molecular weight is 424 g/mol. The van der Waals surface area contributed by atoms with Crippen molar-refractivity contribution in [2.45, 2.75) is 37.5 Å². The number of nitrogens with zero attached hydrogens (tertiary/aromatic N) is 1. The van der Waals surface area contributed by atoms with Crippen LogP contribution in [-0.2, 0) is 17.8 Å². The van der Waals surface area contributed by atoms with Gasteiger partial charge in [0.2, 0.25) is 5.67 Å². The first kappa shape index (κ1) is 20.4. The molecule has 0 heterocycles. The summed E-state index contributed by atoms with van der Waals surface area (Å²) in [6.07, 6.45) is 7.12. The van der Waals surface area contributed by atoms with Crippen LogP contribution in [0.3, 0.4) is 0 Å². The van der Waals surface area contributed by atoms with Crippen LogP contribution >= 0.6 is 0 Å². The zero-order valence-electron chi connectivity index (χ0n) is 18.0. The van der Waals surface area contributed by atoms with Crippen LogP contribution in [0.4, 0.5) is 4.39 Å². The Morgan fingerprint density at radius 2 is 1.62 bits per heavy atom. The highest BCUT2D eigenvalue weighted by molar-refractivity contribution is 6.01. The highest BCUT2D eigenvalue weighted by Gasteiger charge is 2.47. The normalized spacial score (nSPS) is 21.7. The minimum absolute atomic E-state index is 0.0478. The minimum Gasteiger partial charge on any atom is -0.328 e. The molecule has 2 aliphatic carbocycles. The second-order valence-electron chi connectivity index (χ2n) is 8.55. The smallest absolute Gasteiger partial charge is 0.266 e. The van der Waals surface area contributed by atoms with Gasteiger partial charge >= 0.3 is 0 Å². The summed E-state index contributed by atoms with van der Waals surface area (Å²) in [4.78, 5) is 15.9. The lowest BCUT2D eigenvalue weighted by Gasteiger charge is -2.37. The molecule has 2 atom stereocenters. The van der Waals surface area contributed by atoms with Crippen LogP contribution in [0.15, 0.2) is 103 Å². The maximum atomic E-state index is 16.8. The fourth-order valence-corrected chi connectivity index (χ4v) is 4.97. The third-order valence-electron chi connectivity index (χ3n) is 6.58. The quantitative estimate of drug-likeness (QED) is 0.461. The molecule has 0 aromatic heterocycles. The largest absolute Gasteiger partial charge is 0.328 e. The van der Waals surface area contributed by atoms with Crippen molar-refractivity contribution in [1.82, 2.24) is 4.90 Å². The lowest BCUT2D eigenvalue weighted by molar-refractivity contribution is -0.143. The number of carbonyl (C=O) groups excluding carboxylic acids is 1. The Bertz CT molecular complexity index is 1170. The molecule has 0 radical (unpaired) electrons. The van der Waals surface area contributed by atoms with E-state index in [1.54, 1.807) is 17.1 Å². The molecule has 32 heavy (non-hydrogen) atoms. The molecule has 160 valence electrons. The van der Waals surface area contributed by atoms with Crippen molar-refractivity contribution in [3.05, 3.63) is 125 Å². The van der Waals surface area contributed by atoms with Gasteiger partial charge in [0.1, 0.15) is 0 Å². The molecule has 2 unspecified atom stereocenters. The second-order valence-corrected chi connectivity index (χ2v) is 8.55. The lowest BCUT2D eigenvalue weighted by atomic mass is 9.82. The number of amides is 1. The Morgan fingerprint density at radius 1 is 0.938 bits per heavy atom. The van der Waals surface area contributed by atoms with Crippen molar-refractivity contribution in [2.24, 2.45) is 0 Å². The van der Waals surface area contributed by atoms with Gasteiger partial charge in [-0.3, -0.25) is 4.79 Å². The molecular weight excluding hydrogens is 397 g/mol. The topological polar surface area (TPSA) is 20.3 Å². The van der Waals surface area contributed by atoms with Crippen molar-refractivity contribution in [3.8, 4) is 0 Å². The molecule has 0 saturated heterocycles. The number of benzene rings is 3. The van der Waals surface area contributed by atoms with E-state index in [1.165, 1.54) is 5.56 Å². The number of allylic oxidation sites excluding steroid dienone is 3. The minimum atomic E-state index is -2.09. The lowest BCUT2D eigenvalue weighted by Crippen LogP contribution is -2.48. The summed E-state index contributed by atoms with van der Waals surface area (Å²) in [6, 6.07) is 27.4. The SMILES string of the molecule is O=C(N(Cc1ccccc1)C1CCc2ccccc21)C1(F)CC=CC=C1c1ccccc1. The number of rotatable bonds is 5. The molecule has 0 fully saturated rings. The van der Waals surface area contributed by atoms with Gasteiger partial charge in [0, 0.05) is 18.5 Å². The number of hydrogen-bond acceptors (Lipinski definition) is 1. The molecule has 2 nitrogen and oxygen atoms in total. The Balaban J connectivity index is 1.56. The van der Waals surface area contributed by atoms with E-state index in [9.17, 15) is 4.79 Å². The predicted octanol–water partition coefficient (Wildman–Crippen LogP) is 6.45. The predicted molar refractivity (Wildman–Crippen MR) is 127 cm³/mol. The van der Waals surface area contributed by atoms with Crippen molar-refractivity contribution < 1.29 is 9.18 Å². The van der Waals surface area contributed by atoms with Crippen LogP contribution < -0.4 is 0 Å². The van der Waals surface area contributed by atoms with E-state index in [2.05, 4.69) is 12.1 Å². The molecule has 0 spiro atoms. The van der Waals surface area contributed by atoms with Gasteiger partial charge in [0.05, 0.1) is 6.04 Å². The van der Waals surface area contributed by atoms with Crippen LogP contribution in [0, 0.1) is 0 Å². The number of carbonyl (C=O) groups is 1. The van der Waals surface area contributed by atoms with Gasteiger partial charge in [0.15, 0.2) is 0 Å². The van der Waals surface area contributed by atoms with Gasteiger partial charge in [0.25, 0.3) is 5.91 Å². The van der Waals surface area contributed by atoms with Crippen LogP contribution in [-0.4, -0.2) is 16.5 Å². The van der Waals surface area contributed by atoms with Gasteiger partial charge in [-0.05, 0) is 35.1 Å². The van der Waals surface area contributed by atoms with E-state index in [4.69, 9.17) is 0 Å². The van der Waals surface area contributed by atoms with E-state index in [0.717, 1.165) is 29.5 Å². The van der Waals surface area contributed by atoms with Crippen LogP contribution in [0.5, 0.6) is 0 Å². The zero-order chi connectivity index (χ0) is 22.0. The number of aryl methyl sites for hydroxylation is 1. The first-order valence-electron chi connectivity index (χ1n) is 11.2. The summed E-state index contributed by atoms with van der Waals surface area (Å²) in [5.74, 6) is -0.456. The summed E-state index contributed by atoms with van der Waals surface area (Å²) in [5.41, 5.74) is 2.48. The number of hydrogen-bond donors (Lipinski definition) is 0. The van der Waals surface area contributed by atoms with Crippen LogP contribution in [0.2, 0.25) is 0 Å².